The predicted octanol–water partition coefficient (Wildman–Crippen LogP) is 1.41. The molecule has 0 aliphatic carbocycles. The van der Waals surface area contributed by atoms with Gasteiger partial charge in [-0.15, -0.1) is 0 Å². The normalized spacial score (nSPS) is 17.3. The van der Waals surface area contributed by atoms with E-state index in [9.17, 15) is 5.11 Å². The Hall–Kier alpha value is -1.76. The van der Waals surface area contributed by atoms with E-state index in [4.69, 9.17) is 0 Å². The molecule has 1 fully saturated rings. The Morgan fingerprint density at radius 2 is 2.13 bits per heavy atom. The number of H-pyrrole nitrogens is 1. The third-order valence-corrected chi connectivity index (χ3v) is 4.28. The van der Waals surface area contributed by atoms with Crippen LogP contribution in [0.25, 0.3) is 11.3 Å². The number of piperidine rings is 1. The average molecular weight is 315 g/mol. The fourth-order valence-corrected chi connectivity index (χ4v) is 3.08. The molecule has 2 aromatic rings. The molecule has 1 saturated heterocycles. The summed E-state index contributed by atoms with van der Waals surface area (Å²) < 4.78 is 0. The Kier molecular flexibility index (Phi) is 5.74. The van der Waals surface area contributed by atoms with Gasteiger partial charge in [0.05, 0.1) is 18.0 Å². The number of hydrogen-bond acceptors (Lipinski definition) is 5. The summed E-state index contributed by atoms with van der Waals surface area (Å²) >= 11 is 0. The first-order valence-electron chi connectivity index (χ1n) is 8.36. The van der Waals surface area contributed by atoms with Crippen LogP contribution < -0.4 is 5.32 Å². The predicted molar refractivity (Wildman–Crippen MR) is 89.8 cm³/mol. The number of aliphatic hydroxyl groups is 1. The first-order chi connectivity index (χ1) is 11.3. The quantitative estimate of drug-likeness (QED) is 0.720. The number of likely N-dealkylation sites (tertiary alicyclic amines) is 1. The lowest BCUT2D eigenvalue weighted by molar-refractivity contribution is 0.1000. The number of pyridine rings is 1. The van der Waals surface area contributed by atoms with Gasteiger partial charge in [0, 0.05) is 43.2 Å². The second kappa shape index (κ2) is 8.19. The smallest absolute Gasteiger partial charge is 0.0791 e. The molecule has 0 radical (unpaired) electrons. The van der Waals surface area contributed by atoms with E-state index >= 15 is 0 Å². The maximum Gasteiger partial charge on any atom is 0.0791 e. The van der Waals surface area contributed by atoms with Crippen LogP contribution in [0.1, 0.15) is 24.8 Å². The van der Waals surface area contributed by atoms with Gasteiger partial charge in [0.25, 0.3) is 0 Å². The van der Waals surface area contributed by atoms with Gasteiger partial charge in [-0.3, -0.25) is 10.1 Å². The second-order valence-electron chi connectivity index (χ2n) is 6.16. The van der Waals surface area contributed by atoms with Crippen molar-refractivity contribution in [2.75, 3.05) is 26.2 Å². The molecule has 3 N–H and O–H groups in total. The molecule has 3 rings (SSSR count). The monoisotopic (exact) mass is 315 g/mol. The molecule has 23 heavy (non-hydrogen) atoms. The molecule has 0 bridgehead atoms. The molecular formula is C17H25N5O. The van der Waals surface area contributed by atoms with Crippen LogP contribution in [0.15, 0.2) is 30.7 Å². The lowest BCUT2D eigenvalue weighted by atomic mass is 10.1. The summed E-state index contributed by atoms with van der Waals surface area (Å²) in [5, 5.41) is 20.7. The van der Waals surface area contributed by atoms with Crippen LogP contribution >= 0.6 is 0 Å². The first-order valence-corrected chi connectivity index (χ1v) is 8.36. The summed E-state index contributed by atoms with van der Waals surface area (Å²) in [5.74, 6) is 0. The van der Waals surface area contributed by atoms with E-state index < -0.39 is 0 Å². The molecule has 0 aromatic carbocycles. The highest BCUT2D eigenvalue weighted by molar-refractivity contribution is 5.61. The van der Waals surface area contributed by atoms with Gasteiger partial charge in [-0.25, -0.2) is 0 Å². The minimum Gasteiger partial charge on any atom is -0.390 e. The number of aliphatic hydroxyl groups excluding tert-OH is 1. The summed E-state index contributed by atoms with van der Waals surface area (Å²) in [6, 6.07) is 3.92. The zero-order valence-electron chi connectivity index (χ0n) is 13.4. The number of nitrogens with one attached hydrogen (secondary N) is 2. The van der Waals surface area contributed by atoms with Crippen LogP contribution in [0.5, 0.6) is 0 Å². The zero-order chi connectivity index (χ0) is 15.9. The van der Waals surface area contributed by atoms with Gasteiger partial charge in [-0.1, -0.05) is 6.42 Å². The van der Waals surface area contributed by atoms with Crippen LogP contribution in [-0.2, 0) is 6.54 Å². The Balaban J connectivity index is 1.46. The van der Waals surface area contributed by atoms with Crippen molar-refractivity contribution in [3.8, 4) is 11.3 Å². The molecule has 1 aliphatic rings. The lowest BCUT2D eigenvalue weighted by Crippen LogP contribution is -2.40. The van der Waals surface area contributed by atoms with Crippen LogP contribution in [-0.4, -0.2) is 57.5 Å². The maximum absolute atomic E-state index is 10.2. The Morgan fingerprint density at radius 1 is 1.26 bits per heavy atom. The van der Waals surface area contributed by atoms with Crippen molar-refractivity contribution in [1.82, 2.24) is 25.4 Å². The molecule has 3 heterocycles. The fraction of sp³-hybridized carbons (Fsp3) is 0.529. The molecule has 0 amide bonds. The number of nitrogens with zero attached hydrogens (tertiary/aromatic N) is 3. The van der Waals surface area contributed by atoms with Crippen molar-refractivity contribution < 1.29 is 5.11 Å². The Bertz CT molecular complexity index is 580. The minimum atomic E-state index is -0.332. The number of aromatic nitrogens is 3. The van der Waals surface area contributed by atoms with Crippen LogP contribution in [0, 0.1) is 0 Å². The zero-order valence-corrected chi connectivity index (χ0v) is 13.4. The van der Waals surface area contributed by atoms with Gasteiger partial charge in [-0.05, 0) is 38.1 Å². The molecule has 0 unspecified atom stereocenters. The van der Waals surface area contributed by atoms with E-state index in [1.165, 1.54) is 19.3 Å². The minimum absolute atomic E-state index is 0.332. The molecule has 6 heteroatoms. The first kappa shape index (κ1) is 16.1. The van der Waals surface area contributed by atoms with Crippen molar-refractivity contribution in [1.29, 1.82) is 0 Å². The lowest BCUT2D eigenvalue weighted by Gasteiger charge is -2.28. The van der Waals surface area contributed by atoms with E-state index in [1.54, 1.807) is 6.20 Å². The van der Waals surface area contributed by atoms with Gasteiger partial charge in [0.2, 0.25) is 0 Å². The van der Waals surface area contributed by atoms with Crippen molar-refractivity contribution >= 4 is 0 Å². The number of rotatable bonds is 7. The van der Waals surface area contributed by atoms with Gasteiger partial charge in [0.1, 0.15) is 0 Å². The second-order valence-corrected chi connectivity index (χ2v) is 6.16. The highest BCUT2D eigenvalue weighted by atomic mass is 16.3. The van der Waals surface area contributed by atoms with Crippen molar-refractivity contribution in [2.24, 2.45) is 0 Å². The summed E-state index contributed by atoms with van der Waals surface area (Å²) in [5.41, 5.74) is 3.09. The molecular weight excluding hydrogens is 290 g/mol. The number of hydrogen-bond donors (Lipinski definition) is 3. The third-order valence-electron chi connectivity index (χ3n) is 4.28. The Labute approximate surface area is 136 Å². The molecule has 2 aromatic heterocycles. The van der Waals surface area contributed by atoms with Crippen LogP contribution in [0.2, 0.25) is 0 Å². The summed E-state index contributed by atoms with van der Waals surface area (Å²) in [6.45, 7) is 4.26. The maximum atomic E-state index is 10.2. The van der Waals surface area contributed by atoms with Crippen molar-refractivity contribution in [3.05, 3.63) is 36.3 Å². The SMILES string of the molecule is O[C@H](CNCc1cn[nH]c1-c1cccnc1)CN1CCCCC1. The number of β-amino-alcohol motifs (C(OH)–C–C–N with tert-alkyl or cyclic N) is 1. The third kappa shape index (κ3) is 4.60. The summed E-state index contributed by atoms with van der Waals surface area (Å²) in [7, 11) is 0. The molecule has 0 saturated carbocycles. The van der Waals surface area contributed by atoms with E-state index in [1.807, 2.05) is 24.5 Å². The standard InChI is InChI=1S/C17H25N5O/c23-16(13-22-7-2-1-3-8-22)12-19-10-15-11-20-21-17(15)14-5-4-6-18-9-14/h4-6,9,11,16,19,23H,1-3,7-8,10,12-13H2,(H,20,21)/t16-/m1/s1. The summed E-state index contributed by atoms with van der Waals surface area (Å²) in [6.07, 6.45) is 8.90. The van der Waals surface area contributed by atoms with E-state index in [0.717, 1.165) is 36.5 Å². The van der Waals surface area contributed by atoms with E-state index in [0.29, 0.717) is 13.1 Å². The molecule has 1 atom stereocenters. The fourth-order valence-electron chi connectivity index (χ4n) is 3.08. The van der Waals surface area contributed by atoms with Crippen molar-refractivity contribution in [2.45, 2.75) is 31.9 Å². The molecule has 124 valence electrons. The van der Waals surface area contributed by atoms with Gasteiger partial charge < -0.3 is 15.3 Å². The molecule has 6 nitrogen and oxygen atoms in total. The highest BCUT2D eigenvalue weighted by Gasteiger charge is 2.14. The Morgan fingerprint density at radius 3 is 2.91 bits per heavy atom. The van der Waals surface area contributed by atoms with Crippen LogP contribution in [0.3, 0.4) is 0 Å². The van der Waals surface area contributed by atoms with Gasteiger partial charge >= 0.3 is 0 Å². The van der Waals surface area contributed by atoms with Crippen molar-refractivity contribution in [3.63, 3.8) is 0 Å². The van der Waals surface area contributed by atoms with Gasteiger partial charge in [0.15, 0.2) is 0 Å². The van der Waals surface area contributed by atoms with Gasteiger partial charge in [-0.2, -0.15) is 5.10 Å². The largest absolute Gasteiger partial charge is 0.390 e. The van der Waals surface area contributed by atoms with Crippen LogP contribution in [0.4, 0.5) is 0 Å². The van der Waals surface area contributed by atoms with E-state index in [2.05, 4.69) is 25.4 Å². The number of aromatic amines is 1. The highest BCUT2D eigenvalue weighted by Crippen LogP contribution is 2.19. The molecule has 0 spiro atoms. The topological polar surface area (TPSA) is 77.1 Å². The van der Waals surface area contributed by atoms with E-state index in [-0.39, 0.29) is 6.10 Å². The molecule has 1 aliphatic heterocycles. The summed E-state index contributed by atoms with van der Waals surface area (Å²) in [4.78, 5) is 6.50. The average Bonchev–Trinajstić information content (AvgIpc) is 3.05.